The quantitative estimate of drug-likeness (QED) is 0.668. The first-order valence-electron chi connectivity index (χ1n) is 5.57. The van der Waals surface area contributed by atoms with Crippen molar-refractivity contribution in [2.75, 3.05) is 19.0 Å². The number of nitrogens with zero attached hydrogens (tertiary/aromatic N) is 2. The molecule has 1 aromatic heterocycles. The first kappa shape index (κ1) is 12.5. The molecule has 0 aromatic carbocycles. The summed E-state index contributed by atoms with van der Waals surface area (Å²) in [5, 5.41) is 3.15. The first-order chi connectivity index (χ1) is 8.17. The van der Waals surface area contributed by atoms with Crippen LogP contribution in [0.4, 0.5) is 5.82 Å². The summed E-state index contributed by atoms with van der Waals surface area (Å²) in [5.41, 5.74) is 0.969. The number of halogens is 1. The number of carbonyl (C=O) groups is 1. The van der Waals surface area contributed by atoms with Crippen molar-refractivity contribution in [3.63, 3.8) is 0 Å². The highest BCUT2D eigenvalue weighted by Gasteiger charge is 2.30. The molecule has 1 N–H and O–H groups in total. The molecule has 0 unspecified atom stereocenters. The van der Waals surface area contributed by atoms with Crippen LogP contribution in [0.3, 0.4) is 0 Å². The summed E-state index contributed by atoms with van der Waals surface area (Å²) in [6.45, 7) is 2.75. The van der Waals surface area contributed by atoms with Crippen molar-refractivity contribution in [3.05, 3.63) is 15.1 Å². The van der Waals surface area contributed by atoms with Crippen molar-refractivity contribution in [2.24, 2.45) is 0 Å². The molecule has 1 saturated carbocycles. The summed E-state index contributed by atoms with van der Waals surface area (Å²) in [7, 11) is 1.34. The van der Waals surface area contributed by atoms with Gasteiger partial charge in [-0.2, -0.15) is 0 Å². The maximum Gasteiger partial charge on any atom is 0.376 e. The van der Waals surface area contributed by atoms with Crippen LogP contribution in [0, 0.1) is 3.57 Å². The monoisotopic (exact) mass is 347 g/mol. The van der Waals surface area contributed by atoms with Crippen LogP contribution < -0.4 is 5.32 Å². The van der Waals surface area contributed by atoms with Crippen LogP contribution in [0.15, 0.2) is 0 Å². The van der Waals surface area contributed by atoms with Gasteiger partial charge in [-0.1, -0.05) is 0 Å². The third-order valence-corrected chi connectivity index (χ3v) is 3.62. The molecule has 17 heavy (non-hydrogen) atoms. The molecule has 0 saturated heterocycles. The molecule has 2 rings (SSSR count). The van der Waals surface area contributed by atoms with Crippen molar-refractivity contribution in [1.29, 1.82) is 0 Å². The van der Waals surface area contributed by atoms with Gasteiger partial charge < -0.3 is 10.1 Å². The molecule has 1 heterocycles. The summed E-state index contributed by atoms with van der Waals surface area (Å²) in [6.07, 6.45) is 2.28. The van der Waals surface area contributed by atoms with E-state index in [4.69, 9.17) is 0 Å². The Morgan fingerprint density at radius 1 is 1.53 bits per heavy atom. The lowest BCUT2D eigenvalue weighted by molar-refractivity contribution is 0.0586. The van der Waals surface area contributed by atoms with E-state index < -0.39 is 5.97 Å². The number of methoxy groups -OCH3 is 1. The molecule has 0 radical (unpaired) electrons. The third kappa shape index (κ3) is 2.67. The van der Waals surface area contributed by atoms with Crippen LogP contribution in [0.2, 0.25) is 0 Å². The highest BCUT2D eigenvalue weighted by molar-refractivity contribution is 14.1. The van der Waals surface area contributed by atoms with Crippen molar-refractivity contribution in [3.8, 4) is 0 Å². The molecule has 6 heteroatoms. The van der Waals surface area contributed by atoms with Gasteiger partial charge in [0.05, 0.1) is 16.4 Å². The van der Waals surface area contributed by atoms with Gasteiger partial charge in [0.25, 0.3) is 0 Å². The maximum atomic E-state index is 11.5. The fraction of sp³-hybridized carbons (Fsp3) is 0.545. The molecular formula is C11H14IN3O2. The van der Waals surface area contributed by atoms with E-state index in [1.807, 2.05) is 6.92 Å². The van der Waals surface area contributed by atoms with Gasteiger partial charge in [0.1, 0.15) is 5.82 Å². The van der Waals surface area contributed by atoms with Crippen LogP contribution in [0.1, 0.15) is 42.0 Å². The van der Waals surface area contributed by atoms with Gasteiger partial charge in [-0.25, -0.2) is 14.8 Å². The second kappa shape index (κ2) is 5.16. The van der Waals surface area contributed by atoms with Gasteiger partial charge in [0.2, 0.25) is 5.82 Å². The lowest BCUT2D eigenvalue weighted by Crippen LogP contribution is -2.14. The summed E-state index contributed by atoms with van der Waals surface area (Å²) in [5.74, 6) is 0.865. The highest BCUT2D eigenvalue weighted by Crippen LogP contribution is 2.42. The van der Waals surface area contributed by atoms with Gasteiger partial charge in [-0.15, -0.1) is 0 Å². The maximum absolute atomic E-state index is 11.5. The van der Waals surface area contributed by atoms with E-state index in [2.05, 4.69) is 42.6 Å². The standard InChI is InChI=1S/C11H14IN3O2/c1-3-13-9-7(12)8(6-4-5-6)14-10(15-9)11(16)17-2/h6H,3-5H2,1-2H3,(H,13,14,15). The zero-order valence-electron chi connectivity index (χ0n) is 9.79. The van der Waals surface area contributed by atoms with Crippen LogP contribution in [0.25, 0.3) is 0 Å². The van der Waals surface area contributed by atoms with Gasteiger partial charge >= 0.3 is 5.97 Å². The number of hydrogen-bond donors (Lipinski definition) is 1. The number of anilines is 1. The second-order valence-electron chi connectivity index (χ2n) is 3.89. The van der Waals surface area contributed by atoms with Gasteiger partial charge in [0.15, 0.2) is 0 Å². The predicted octanol–water partition coefficient (Wildman–Crippen LogP) is 2.18. The summed E-state index contributed by atoms with van der Waals surface area (Å²) >= 11 is 2.23. The van der Waals surface area contributed by atoms with Gasteiger partial charge in [-0.3, -0.25) is 0 Å². The van der Waals surface area contributed by atoms with E-state index in [1.165, 1.54) is 7.11 Å². The van der Waals surface area contributed by atoms with Crippen LogP contribution >= 0.6 is 22.6 Å². The predicted molar refractivity (Wildman–Crippen MR) is 72.2 cm³/mol. The minimum absolute atomic E-state index is 0.144. The lowest BCUT2D eigenvalue weighted by Gasteiger charge is -2.10. The van der Waals surface area contributed by atoms with Gasteiger partial charge in [-0.05, 0) is 42.4 Å². The zero-order chi connectivity index (χ0) is 12.4. The van der Waals surface area contributed by atoms with Crippen LogP contribution in [-0.4, -0.2) is 29.6 Å². The molecule has 1 fully saturated rings. The van der Waals surface area contributed by atoms with Crippen molar-refractivity contribution in [1.82, 2.24) is 9.97 Å². The fourth-order valence-corrected chi connectivity index (χ4v) is 2.43. The molecule has 0 aliphatic heterocycles. The Morgan fingerprint density at radius 3 is 2.76 bits per heavy atom. The summed E-state index contributed by atoms with van der Waals surface area (Å²) < 4.78 is 5.68. The van der Waals surface area contributed by atoms with Crippen molar-refractivity contribution >= 4 is 34.4 Å². The normalized spacial score (nSPS) is 14.5. The molecule has 0 bridgehead atoms. The van der Waals surface area contributed by atoms with E-state index in [0.717, 1.165) is 34.5 Å². The molecule has 92 valence electrons. The summed E-state index contributed by atoms with van der Waals surface area (Å²) in [4.78, 5) is 20.0. The molecule has 0 spiro atoms. The number of ether oxygens (including phenoxy) is 1. The van der Waals surface area contributed by atoms with Crippen molar-refractivity contribution < 1.29 is 9.53 Å². The number of aromatic nitrogens is 2. The SMILES string of the molecule is CCNc1nc(C(=O)OC)nc(C2CC2)c1I. The number of carbonyl (C=O) groups excluding carboxylic acids is 1. The molecule has 1 aromatic rings. The average Bonchev–Trinajstić information content (AvgIpc) is 3.15. The van der Waals surface area contributed by atoms with E-state index >= 15 is 0 Å². The Morgan fingerprint density at radius 2 is 2.24 bits per heavy atom. The van der Waals surface area contributed by atoms with E-state index in [0.29, 0.717) is 5.92 Å². The number of nitrogens with one attached hydrogen (secondary N) is 1. The second-order valence-corrected chi connectivity index (χ2v) is 4.97. The Balaban J connectivity index is 2.43. The van der Waals surface area contributed by atoms with E-state index in [1.54, 1.807) is 0 Å². The Kier molecular flexibility index (Phi) is 3.80. The largest absolute Gasteiger partial charge is 0.463 e. The summed E-state index contributed by atoms with van der Waals surface area (Å²) in [6, 6.07) is 0. The molecule has 1 aliphatic rings. The molecule has 1 aliphatic carbocycles. The Hall–Kier alpha value is -0.920. The van der Waals surface area contributed by atoms with Crippen LogP contribution in [-0.2, 0) is 4.74 Å². The van der Waals surface area contributed by atoms with E-state index in [9.17, 15) is 4.79 Å². The molecule has 5 nitrogen and oxygen atoms in total. The van der Waals surface area contributed by atoms with Crippen LogP contribution in [0.5, 0.6) is 0 Å². The molecule has 0 atom stereocenters. The lowest BCUT2D eigenvalue weighted by atomic mass is 10.2. The minimum atomic E-state index is -0.484. The first-order valence-corrected chi connectivity index (χ1v) is 6.64. The zero-order valence-corrected chi connectivity index (χ0v) is 11.9. The highest BCUT2D eigenvalue weighted by atomic mass is 127. The Labute approximate surface area is 114 Å². The smallest absolute Gasteiger partial charge is 0.376 e. The average molecular weight is 347 g/mol. The fourth-order valence-electron chi connectivity index (χ4n) is 1.56. The van der Waals surface area contributed by atoms with Crippen molar-refractivity contribution in [2.45, 2.75) is 25.7 Å². The molecular weight excluding hydrogens is 333 g/mol. The minimum Gasteiger partial charge on any atom is -0.463 e. The van der Waals surface area contributed by atoms with Gasteiger partial charge in [0, 0.05) is 12.5 Å². The number of rotatable bonds is 4. The topological polar surface area (TPSA) is 64.1 Å². The number of hydrogen-bond acceptors (Lipinski definition) is 5. The Bertz CT molecular complexity index is 447. The third-order valence-electron chi connectivity index (χ3n) is 2.55. The molecule has 0 amide bonds. The van der Waals surface area contributed by atoms with E-state index in [-0.39, 0.29) is 5.82 Å². The number of esters is 1.